The molecule has 3 nitrogen and oxygen atoms in total. The molecule has 1 saturated carbocycles. The second-order valence-electron chi connectivity index (χ2n) is 8.57. The zero-order valence-corrected chi connectivity index (χ0v) is 16.5. The van der Waals surface area contributed by atoms with Crippen molar-refractivity contribution in [2.45, 2.75) is 64.2 Å². The minimum atomic E-state index is -0.594. The molecule has 0 atom stereocenters. The van der Waals surface area contributed by atoms with Crippen molar-refractivity contribution >= 4 is 17.4 Å². The van der Waals surface area contributed by atoms with Crippen LogP contribution >= 0.6 is 0 Å². The van der Waals surface area contributed by atoms with Gasteiger partial charge in [-0.2, -0.15) is 0 Å². The van der Waals surface area contributed by atoms with Crippen molar-refractivity contribution in [3.63, 3.8) is 0 Å². The first-order valence-corrected chi connectivity index (χ1v) is 9.91. The fourth-order valence-corrected chi connectivity index (χ4v) is 3.72. The summed E-state index contributed by atoms with van der Waals surface area (Å²) in [6.45, 7) is 6.42. The number of Topliss-reactive ketones (excluding diaryl/α,β-unsaturated/α-hetero) is 1. The summed E-state index contributed by atoms with van der Waals surface area (Å²) in [4.78, 5) is 24.8. The molecule has 1 amide bonds. The molecule has 2 aromatic rings. The molecule has 2 aromatic carbocycles. The predicted octanol–water partition coefficient (Wildman–Crippen LogP) is 5.85. The first-order chi connectivity index (χ1) is 12.8. The SMILES string of the molecule is CC(C)(C)c1ccc(NC(=O)C(=O)c2ccc(C3CCCCC3)cc2)cc1. The number of anilines is 1. The van der Waals surface area contributed by atoms with Crippen LogP contribution in [0.5, 0.6) is 0 Å². The zero-order valence-electron chi connectivity index (χ0n) is 16.5. The molecule has 0 bridgehead atoms. The number of nitrogens with one attached hydrogen (secondary N) is 1. The Hall–Kier alpha value is -2.42. The van der Waals surface area contributed by atoms with Gasteiger partial charge in [0.25, 0.3) is 11.7 Å². The van der Waals surface area contributed by atoms with E-state index in [0.29, 0.717) is 17.2 Å². The van der Waals surface area contributed by atoms with Crippen LogP contribution in [0, 0.1) is 0 Å². The van der Waals surface area contributed by atoms with Gasteiger partial charge in [-0.1, -0.05) is 76.4 Å². The van der Waals surface area contributed by atoms with Crippen LogP contribution in [0.25, 0.3) is 0 Å². The second kappa shape index (κ2) is 8.08. The van der Waals surface area contributed by atoms with E-state index in [1.807, 2.05) is 36.4 Å². The fourth-order valence-electron chi connectivity index (χ4n) is 3.72. The predicted molar refractivity (Wildman–Crippen MR) is 110 cm³/mol. The number of hydrogen-bond acceptors (Lipinski definition) is 2. The van der Waals surface area contributed by atoms with Crippen molar-refractivity contribution in [2.75, 3.05) is 5.32 Å². The Bertz CT molecular complexity index is 792. The first-order valence-electron chi connectivity index (χ1n) is 9.91. The molecule has 0 saturated heterocycles. The number of amides is 1. The van der Waals surface area contributed by atoms with E-state index in [9.17, 15) is 9.59 Å². The Kier molecular flexibility index (Phi) is 5.79. The molecule has 0 unspecified atom stereocenters. The van der Waals surface area contributed by atoms with Crippen LogP contribution in [0.3, 0.4) is 0 Å². The minimum absolute atomic E-state index is 0.0540. The maximum Gasteiger partial charge on any atom is 0.296 e. The number of carbonyl (C=O) groups excluding carboxylic acids is 2. The first kappa shape index (κ1) is 19.3. The molecule has 0 aromatic heterocycles. The van der Waals surface area contributed by atoms with E-state index in [4.69, 9.17) is 0 Å². The Balaban J connectivity index is 1.63. The van der Waals surface area contributed by atoms with Gasteiger partial charge in [0.1, 0.15) is 0 Å². The van der Waals surface area contributed by atoms with Crippen molar-refractivity contribution in [1.82, 2.24) is 0 Å². The summed E-state index contributed by atoms with van der Waals surface area (Å²) in [5.41, 5.74) is 3.60. The molecule has 1 aliphatic rings. The Morgan fingerprint density at radius 1 is 0.852 bits per heavy atom. The third-order valence-electron chi connectivity index (χ3n) is 5.46. The molecular formula is C24H29NO2. The van der Waals surface area contributed by atoms with Gasteiger partial charge in [0.2, 0.25) is 0 Å². The smallest absolute Gasteiger partial charge is 0.296 e. The van der Waals surface area contributed by atoms with Crippen molar-refractivity contribution in [3.8, 4) is 0 Å². The minimum Gasteiger partial charge on any atom is -0.319 e. The Morgan fingerprint density at radius 3 is 2.00 bits per heavy atom. The maximum atomic E-state index is 12.5. The molecule has 0 aliphatic heterocycles. The topological polar surface area (TPSA) is 46.2 Å². The van der Waals surface area contributed by atoms with E-state index in [2.05, 4.69) is 26.1 Å². The number of hydrogen-bond donors (Lipinski definition) is 1. The number of rotatable bonds is 4. The number of carbonyl (C=O) groups is 2. The monoisotopic (exact) mass is 363 g/mol. The summed E-state index contributed by atoms with van der Waals surface area (Å²) in [6, 6.07) is 15.3. The molecule has 3 rings (SSSR count). The second-order valence-corrected chi connectivity index (χ2v) is 8.57. The summed E-state index contributed by atoms with van der Waals surface area (Å²) in [6.07, 6.45) is 6.32. The lowest BCUT2D eigenvalue weighted by atomic mass is 9.84. The van der Waals surface area contributed by atoms with Crippen molar-refractivity contribution in [2.24, 2.45) is 0 Å². The molecule has 0 heterocycles. The van der Waals surface area contributed by atoms with Crippen molar-refractivity contribution in [3.05, 3.63) is 65.2 Å². The summed E-state index contributed by atoms with van der Waals surface area (Å²) < 4.78 is 0. The van der Waals surface area contributed by atoms with Gasteiger partial charge in [0.15, 0.2) is 0 Å². The third-order valence-corrected chi connectivity index (χ3v) is 5.46. The fraction of sp³-hybridized carbons (Fsp3) is 0.417. The van der Waals surface area contributed by atoms with Gasteiger partial charge >= 0.3 is 0 Å². The highest BCUT2D eigenvalue weighted by Crippen LogP contribution is 2.32. The van der Waals surface area contributed by atoms with E-state index < -0.39 is 11.7 Å². The van der Waals surface area contributed by atoms with Crippen LogP contribution in [0.4, 0.5) is 5.69 Å². The third kappa shape index (κ3) is 4.85. The van der Waals surface area contributed by atoms with Crippen LogP contribution < -0.4 is 5.32 Å². The van der Waals surface area contributed by atoms with Crippen LogP contribution in [-0.2, 0) is 10.2 Å². The average Bonchev–Trinajstić information content (AvgIpc) is 2.68. The van der Waals surface area contributed by atoms with E-state index in [-0.39, 0.29) is 5.41 Å². The number of benzene rings is 2. The van der Waals surface area contributed by atoms with Gasteiger partial charge in [-0.25, -0.2) is 0 Å². The van der Waals surface area contributed by atoms with Crippen LogP contribution in [0.1, 0.15) is 80.3 Å². The quantitative estimate of drug-likeness (QED) is 0.547. The summed E-state index contributed by atoms with van der Waals surface area (Å²) in [5.74, 6) is -0.493. The van der Waals surface area contributed by atoms with Gasteiger partial charge in [0.05, 0.1) is 0 Å². The molecule has 0 spiro atoms. The molecule has 1 fully saturated rings. The zero-order chi connectivity index (χ0) is 19.4. The molecule has 3 heteroatoms. The van der Waals surface area contributed by atoms with Crippen molar-refractivity contribution < 1.29 is 9.59 Å². The lowest BCUT2D eigenvalue weighted by molar-refractivity contribution is -0.112. The Labute approximate surface area is 162 Å². The standard InChI is InChI=1S/C24H29NO2/c1-24(2,3)20-13-15-21(16-14-20)25-23(27)22(26)19-11-9-18(10-12-19)17-7-5-4-6-8-17/h9-17H,4-8H2,1-3H3,(H,25,27). The largest absolute Gasteiger partial charge is 0.319 e. The molecule has 142 valence electrons. The molecule has 0 radical (unpaired) electrons. The highest BCUT2D eigenvalue weighted by atomic mass is 16.2. The van der Waals surface area contributed by atoms with Crippen LogP contribution in [0.15, 0.2) is 48.5 Å². The van der Waals surface area contributed by atoms with Gasteiger partial charge in [-0.3, -0.25) is 9.59 Å². The van der Waals surface area contributed by atoms with E-state index in [1.54, 1.807) is 12.1 Å². The maximum absolute atomic E-state index is 12.5. The van der Waals surface area contributed by atoms with E-state index in [1.165, 1.54) is 43.2 Å². The van der Waals surface area contributed by atoms with Gasteiger partial charge in [0, 0.05) is 11.3 Å². The summed E-state index contributed by atoms with van der Waals surface area (Å²) in [5, 5.41) is 2.71. The molecular weight excluding hydrogens is 334 g/mol. The highest BCUT2D eigenvalue weighted by Gasteiger charge is 2.19. The van der Waals surface area contributed by atoms with Crippen molar-refractivity contribution in [1.29, 1.82) is 0 Å². The van der Waals surface area contributed by atoms with E-state index in [0.717, 1.165) is 0 Å². The summed E-state index contributed by atoms with van der Waals surface area (Å²) in [7, 11) is 0. The average molecular weight is 364 g/mol. The normalized spacial score (nSPS) is 15.4. The molecule has 27 heavy (non-hydrogen) atoms. The number of ketones is 1. The van der Waals surface area contributed by atoms with E-state index >= 15 is 0 Å². The van der Waals surface area contributed by atoms with Gasteiger partial charge in [-0.15, -0.1) is 0 Å². The van der Waals surface area contributed by atoms with Crippen LogP contribution in [0.2, 0.25) is 0 Å². The Morgan fingerprint density at radius 2 is 1.44 bits per heavy atom. The molecule has 1 N–H and O–H groups in total. The summed E-state index contributed by atoms with van der Waals surface area (Å²) >= 11 is 0. The van der Waals surface area contributed by atoms with Gasteiger partial charge < -0.3 is 5.32 Å². The molecule has 1 aliphatic carbocycles. The highest BCUT2D eigenvalue weighted by molar-refractivity contribution is 6.46. The van der Waals surface area contributed by atoms with Gasteiger partial charge in [-0.05, 0) is 47.4 Å². The lowest BCUT2D eigenvalue weighted by Crippen LogP contribution is -2.23. The lowest BCUT2D eigenvalue weighted by Gasteiger charge is -2.22. The van der Waals surface area contributed by atoms with Crippen LogP contribution in [-0.4, -0.2) is 11.7 Å².